The second-order valence-electron chi connectivity index (χ2n) is 5.42. The summed E-state index contributed by atoms with van der Waals surface area (Å²) >= 11 is 7.61. The highest BCUT2D eigenvalue weighted by molar-refractivity contribution is 7.98. The van der Waals surface area contributed by atoms with E-state index < -0.39 is 0 Å². The van der Waals surface area contributed by atoms with Gasteiger partial charge in [-0.15, -0.1) is 11.8 Å². The fraction of sp³-hybridized carbons (Fsp3) is 0.0500. The summed E-state index contributed by atoms with van der Waals surface area (Å²) in [5, 5.41) is 4.69. The third-order valence-electron chi connectivity index (χ3n) is 3.52. The molecule has 0 spiro atoms. The molecule has 1 amide bonds. The Balaban J connectivity index is 1.52. The Morgan fingerprint density at radius 2 is 1.73 bits per heavy atom. The van der Waals surface area contributed by atoms with Gasteiger partial charge in [0.1, 0.15) is 0 Å². The Labute approximate surface area is 161 Å². The van der Waals surface area contributed by atoms with Gasteiger partial charge in [-0.3, -0.25) is 9.78 Å². The smallest absolute Gasteiger partial charge is 0.267 e. The van der Waals surface area contributed by atoms with Crippen LogP contribution in [0.1, 0.15) is 21.5 Å². The van der Waals surface area contributed by atoms with Crippen molar-refractivity contribution in [2.45, 2.75) is 10.6 Å². The van der Waals surface area contributed by atoms with Crippen LogP contribution in [0, 0.1) is 0 Å². The minimum Gasteiger partial charge on any atom is -0.267 e. The molecule has 0 saturated heterocycles. The van der Waals surface area contributed by atoms with E-state index in [1.165, 1.54) is 0 Å². The molecule has 26 heavy (non-hydrogen) atoms. The van der Waals surface area contributed by atoms with Crippen LogP contribution in [0.15, 0.2) is 83.1 Å². The first-order valence-electron chi connectivity index (χ1n) is 7.91. The SMILES string of the molecule is O=C(N/N=C/c1ccncc1)c1ccc(CSc2ccc(Cl)cc2)cc1. The Hall–Kier alpha value is -2.63. The number of nitrogens with zero attached hydrogens (tertiary/aromatic N) is 2. The number of amides is 1. The minimum absolute atomic E-state index is 0.243. The minimum atomic E-state index is -0.243. The van der Waals surface area contributed by atoms with Gasteiger partial charge in [-0.1, -0.05) is 23.7 Å². The van der Waals surface area contributed by atoms with Gasteiger partial charge in [-0.05, 0) is 59.7 Å². The molecule has 130 valence electrons. The van der Waals surface area contributed by atoms with Crippen molar-refractivity contribution in [2.75, 3.05) is 0 Å². The lowest BCUT2D eigenvalue weighted by molar-refractivity contribution is 0.0955. The molecular formula is C20H16ClN3OS. The lowest BCUT2D eigenvalue weighted by Crippen LogP contribution is -2.17. The van der Waals surface area contributed by atoms with Crippen molar-refractivity contribution in [3.8, 4) is 0 Å². The van der Waals surface area contributed by atoms with Gasteiger partial charge < -0.3 is 0 Å². The number of pyridine rings is 1. The summed E-state index contributed by atoms with van der Waals surface area (Å²) in [4.78, 5) is 17.2. The molecule has 1 aromatic heterocycles. The summed E-state index contributed by atoms with van der Waals surface area (Å²) in [6.45, 7) is 0. The van der Waals surface area contributed by atoms with Gasteiger partial charge in [0.05, 0.1) is 6.21 Å². The monoisotopic (exact) mass is 381 g/mol. The van der Waals surface area contributed by atoms with Crippen LogP contribution in [0.3, 0.4) is 0 Å². The van der Waals surface area contributed by atoms with Crippen molar-refractivity contribution in [1.29, 1.82) is 0 Å². The summed E-state index contributed by atoms with van der Waals surface area (Å²) in [6.07, 6.45) is 4.92. The highest BCUT2D eigenvalue weighted by Crippen LogP contribution is 2.24. The van der Waals surface area contributed by atoms with Gasteiger partial charge in [-0.25, -0.2) is 5.43 Å². The fourth-order valence-electron chi connectivity index (χ4n) is 2.13. The molecular weight excluding hydrogens is 366 g/mol. The molecule has 0 saturated carbocycles. The number of rotatable bonds is 6. The van der Waals surface area contributed by atoms with Crippen molar-refractivity contribution >= 4 is 35.5 Å². The molecule has 0 radical (unpaired) electrons. The van der Waals surface area contributed by atoms with Crippen LogP contribution < -0.4 is 5.43 Å². The van der Waals surface area contributed by atoms with Gasteiger partial charge in [0.15, 0.2) is 0 Å². The predicted molar refractivity (Wildman–Crippen MR) is 107 cm³/mol. The van der Waals surface area contributed by atoms with E-state index in [2.05, 4.69) is 15.5 Å². The molecule has 6 heteroatoms. The van der Waals surface area contributed by atoms with E-state index >= 15 is 0 Å². The van der Waals surface area contributed by atoms with Gasteiger partial charge in [-0.2, -0.15) is 5.10 Å². The van der Waals surface area contributed by atoms with Crippen LogP contribution in [0.2, 0.25) is 5.02 Å². The number of hydrazone groups is 1. The van der Waals surface area contributed by atoms with E-state index in [0.717, 1.165) is 26.8 Å². The largest absolute Gasteiger partial charge is 0.271 e. The average Bonchev–Trinajstić information content (AvgIpc) is 2.69. The van der Waals surface area contributed by atoms with Crippen LogP contribution in [-0.4, -0.2) is 17.1 Å². The Bertz CT molecular complexity index is 881. The Morgan fingerprint density at radius 3 is 2.42 bits per heavy atom. The number of hydrogen-bond acceptors (Lipinski definition) is 4. The topological polar surface area (TPSA) is 54.4 Å². The number of halogens is 1. The van der Waals surface area contributed by atoms with E-state index in [0.29, 0.717) is 5.56 Å². The molecule has 0 aliphatic carbocycles. The highest BCUT2D eigenvalue weighted by atomic mass is 35.5. The highest BCUT2D eigenvalue weighted by Gasteiger charge is 2.04. The second-order valence-corrected chi connectivity index (χ2v) is 6.90. The first-order valence-corrected chi connectivity index (χ1v) is 9.28. The number of carbonyl (C=O) groups excluding carboxylic acids is 1. The molecule has 3 rings (SSSR count). The number of carbonyl (C=O) groups is 1. The molecule has 1 heterocycles. The number of nitrogens with one attached hydrogen (secondary N) is 1. The first kappa shape index (κ1) is 18.2. The van der Waals surface area contributed by atoms with E-state index in [4.69, 9.17) is 11.6 Å². The zero-order chi connectivity index (χ0) is 18.2. The van der Waals surface area contributed by atoms with E-state index in [1.54, 1.807) is 42.5 Å². The number of hydrogen-bond donors (Lipinski definition) is 1. The quantitative estimate of drug-likeness (QED) is 0.379. The molecule has 4 nitrogen and oxygen atoms in total. The Morgan fingerprint density at radius 1 is 1.04 bits per heavy atom. The van der Waals surface area contributed by atoms with Crippen LogP contribution in [0.5, 0.6) is 0 Å². The molecule has 3 aromatic rings. The molecule has 0 unspecified atom stereocenters. The normalized spacial score (nSPS) is 10.8. The number of aromatic nitrogens is 1. The van der Waals surface area contributed by atoms with Crippen LogP contribution in [0.4, 0.5) is 0 Å². The molecule has 1 N–H and O–H groups in total. The zero-order valence-electron chi connectivity index (χ0n) is 13.8. The molecule has 0 fully saturated rings. The number of benzene rings is 2. The lowest BCUT2D eigenvalue weighted by atomic mass is 10.1. The first-order chi connectivity index (χ1) is 12.7. The standard InChI is InChI=1S/C20H16ClN3OS/c21-18-5-7-19(8-6-18)26-14-16-1-3-17(4-2-16)20(25)24-23-13-15-9-11-22-12-10-15/h1-13H,14H2,(H,24,25)/b23-13+. The number of thioether (sulfide) groups is 1. The van der Waals surface area contributed by atoms with E-state index in [9.17, 15) is 4.79 Å². The van der Waals surface area contributed by atoms with Crippen molar-refractivity contribution in [1.82, 2.24) is 10.4 Å². The third-order valence-corrected chi connectivity index (χ3v) is 4.86. The van der Waals surface area contributed by atoms with Crippen molar-refractivity contribution in [2.24, 2.45) is 5.10 Å². The second kappa shape index (κ2) is 9.17. The molecule has 0 bridgehead atoms. The summed E-state index contributed by atoms with van der Waals surface area (Å²) in [5.74, 6) is 0.580. The van der Waals surface area contributed by atoms with Crippen LogP contribution in [0.25, 0.3) is 0 Å². The molecule has 0 atom stereocenters. The third kappa shape index (κ3) is 5.44. The summed E-state index contributed by atoms with van der Waals surface area (Å²) in [5.41, 5.74) is 5.10. The van der Waals surface area contributed by atoms with Crippen molar-refractivity contribution in [3.05, 3.63) is 94.8 Å². The maximum absolute atomic E-state index is 12.1. The van der Waals surface area contributed by atoms with Gasteiger partial charge in [0.2, 0.25) is 0 Å². The van der Waals surface area contributed by atoms with E-state index in [-0.39, 0.29) is 5.91 Å². The maximum atomic E-state index is 12.1. The van der Waals surface area contributed by atoms with Gasteiger partial charge >= 0.3 is 0 Å². The van der Waals surface area contributed by atoms with Crippen molar-refractivity contribution in [3.63, 3.8) is 0 Å². The van der Waals surface area contributed by atoms with Crippen molar-refractivity contribution < 1.29 is 4.79 Å². The fourth-order valence-corrected chi connectivity index (χ4v) is 3.11. The zero-order valence-corrected chi connectivity index (χ0v) is 15.4. The van der Waals surface area contributed by atoms with Gasteiger partial charge in [0, 0.05) is 33.6 Å². The van der Waals surface area contributed by atoms with Crippen LogP contribution in [-0.2, 0) is 5.75 Å². The summed E-state index contributed by atoms with van der Waals surface area (Å²) in [7, 11) is 0. The summed E-state index contributed by atoms with van der Waals surface area (Å²) in [6, 6.07) is 18.9. The predicted octanol–water partition coefficient (Wildman–Crippen LogP) is 4.79. The maximum Gasteiger partial charge on any atom is 0.271 e. The molecule has 0 aliphatic rings. The summed E-state index contributed by atoms with van der Waals surface area (Å²) < 4.78 is 0. The average molecular weight is 382 g/mol. The van der Waals surface area contributed by atoms with E-state index in [1.807, 2.05) is 48.5 Å². The van der Waals surface area contributed by atoms with Gasteiger partial charge in [0.25, 0.3) is 5.91 Å². The lowest BCUT2D eigenvalue weighted by Gasteiger charge is -2.04. The molecule has 0 aliphatic heterocycles. The molecule has 2 aromatic carbocycles. The Kier molecular flexibility index (Phi) is 6.41. The van der Waals surface area contributed by atoms with Crippen LogP contribution >= 0.6 is 23.4 Å².